The molecule has 1 saturated carbocycles. The predicted octanol–water partition coefficient (Wildman–Crippen LogP) is 4.09. The van der Waals surface area contributed by atoms with Crippen molar-refractivity contribution < 1.29 is 9.59 Å². The van der Waals surface area contributed by atoms with E-state index in [2.05, 4.69) is 63.9 Å². The molecule has 0 radical (unpaired) electrons. The summed E-state index contributed by atoms with van der Waals surface area (Å²) in [5.74, 6) is 0.967. The van der Waals surface area contributed by atoms with Gasteiger partial charge in [-0.25, -0.2) is 4.98 Å². The summed E-state index contributed by atoms with van der Waals surface area (Å²) in [7, 11) is 4.03. The Morgan fingerprint density at radius 1 is 1.05 bits per heavy atom. The number of likely N-dealkylation sites (tertiary alicyclic amines) is 1. The summed E-state index contributed by atoms with van der Waals surface area (Å²) < 4.78 is 2.13. The van der Waals surface area contributed by atoms with Crippen LogP contribution in [0.3, 0.4) is 0 Å². The lowest BCUT2D eigenvalue weighted by molar-refractivity contribution is -0.143. The largest absolute Gasteiger partial charge is 0.351 e. The van der Waals surface area contributed by atoms with Crippen molar-refractivity contribution in [3.63, 3.8) is 0 Å². The summed E-state index contributed by atoms with van der Waals surface area (Å²) in [6.07, 6.45) is 9.53. The lowest BCUT2D eigenvalue weighted by atomic mass is 9.92. The van der Waals surface area contributed by atoms with Crippen molar-refractivity contribution in [2.24, 2.45) is 13.0 Å². The fourth-order valence-corrected chi connectivity index (χ4v) is 6.58. The first-order valence-electron chi connectivity index (χ1n) is 15.9. The Kier molecular flexibility index (Phi) is 9.81. The van der Waals surface area contributed by atoms with Gasteiger partial charge in [0.15, 0.2) is 6.04 Å². The number of carbonyl (C=O) groups is 2. The van der Waals surface area contributed by atoms with Crippen LogP contribution in [0.2, 0.25) is 0 Å². The van der Waals surface area contributed by atoms with Crippen molar-refractivity contribution in [2.45, 2.75) is 96.3 Å². The van der Waals surface area contributed by atoms with Crippen molar-refractivity contribution in [3.8, 4) is 0 Å². The number of amides is 2. The van der Waals surface area contributed by atoms with Gasteiger partial charge in [-0.15, -0.1) is 0 Å². The summed E-state index contributed by atoms with van der Waals surface area (Å²) >= 11 is 0. The van der Waals surface area contributed by atoms with Crippen LogP contribution < -0.4 is 5.32 Å². The van der Waals surface area contributed by atoms with Crippen molar-refractivity contribution in [2.75, 3.05) is 33.2 Å². The highest BCUT2D eigenvalue weighted by atomic mass is 16.2. The van der Waals surface area contributed by atoms with E-state index in [1.807, 2.05) is 19.0 Å². The van der Waals surface area contributed by atoms with Gasteiger partial charge in [-0.05, 0) is 96.7 Å². The SMILES string of the molecule is CC(C)N(C)CC(=O)N(CC1CCCN(Cc2ccccc2)C1)C(C(=O)NC1CCC1)c1nc2c(n1C)CCCC2. The maximum absolute atomic E-state index is 14.2. The average molecular weight is 563 g/mol. The van der Waals surface area contributed by atoms with E-state index in [1.54, 1.807) is 0 Å². The second-order valence-corrected chi connectivity index (χ2v) is 13.0. The van der Waals surface area contributed by atoms with Gasteiger partial charge in [0.25, 0.3) is 5.91 Å². The Hall–Kier alpha value is -2.71. The van der Waals surface area contributed by atoms with Gasteiger partial charge in [-0.1, -0.05) is 30.3 Å². The molecule has 3 aliphatic rings. The number of aromatic nitrogens is 2. The van der Waals surface area contributed by atoms with E-state index < -0.39 is 6.04 Å². The number of likely N-dealkylation sites (N-methyl/N-ethyl adjacent to an activating group) is 1. The van der Waals surface area contributed by atoms with Crippen LogP contribution in [0.5, 0.6) is 0 Å². The molecule has 1 saturated heterocycles. The van der Waals surface area contributed by atoms with Gasteiger partial charge in [-0.3, -0.25) is 19.4 Å². The number of fused-ring (bicyclic) bond motifs is 1. The molecule has 8 nitrogen and oxygen atoms in total. The fraction of sp³-hybridized carbons (Fsp3) is 0.667. The van der Waals surface area contributed by atoms with Crippen LogP contribution >= 0.6 is 0 Å². The molecule has 2 aliphatic carbocycles. The molecule has 0 spiro atoms. The lowest BCUT2D eigenvalue weighted by Crippen LogP contribution is -2.53. The molecule has 1 aliphatic heterocycles. The number of rotatable bonds is 11. The molecular formula is C33H50N6O2. The predicted molar refractivity (Wildman–Crippen MR) is 162 cm³/mol. The monoisotopic (exact) mass is 562 g/mol. The molecule has 0 bridgehead atoms. The second kappa shape index (κ2) is 13.5. The minimum Gasteiger partial charge on any atom is -0.351 e. The molecule has 2 aromatic rings. The van der Waals surface area contributed by atoms with Crippen LogP contribution in [-0.2, 0) is 36.0 Å². The molecule has 1 N–H and O–H groups in total. The third-order valence-electron chi connectivity index (χ3n) is 9.56. The second-order valence-electron chi connectivity index (χ2n) is 13.0. The first kappa shape index (κ1) is 29.8. The average Bonchev–Trinajstić information content (AvgIpc) is 3.27. The first-order valence-corrected chi connectivity index (χ1v) is 15.9. The topological polar surface area (TPSA) is 73.7 Å². The van der Waals surface area contributed by atoms with Crippen LogP contribution in [0.1, 0.15) is 87.6 Å². The third-order valence-corrected chi connectivity index (χ3v) is 9.56. The Balaban J connectivity index is 1.44. The van der Waals surface area contributed by atoms with Crippen LogP contribution in [0, 0.1) is 5.92 Å². The molecule has 2 fully saturated rings. The molecule has 1 aromatic heterocycles. The first-order chi connectivity index (χ1) is 19.8. The van der Waals surface area contributed by atoms with E-state index >= 15 is 0 Å². The minimum absolute atomic E-state index is 0.0103. The molecule has 2 heterocycles. The number of piperidine rings is 1. The quantitative estimate of drug-likeness (QED) is 0.447. The molecular weight excluding hydrogens is 512 g/mol. The van der Waals surface area contributed by atoms with Gasteiger partial charge < -0.3 is 14.8 Å². The highest BCUT2D eigenvalue weighted by Gasteiger charge is 2.39. The van der Waals surface area contributed by atoms with Gasteiger partial charge in [0.2, 0.25) is 5.91 Å². The van der Waals surface area contributed by atoms with Crippen LogP contribution in [0.25, 0.3) is 0 Å². The number of aryl methyl sites for hydroxylation is 1. The van der Waals surface area contributed by atoms with Crippen molar-refractivity contribution in [3.05, 3.63) is 53.1 Å². The van der Waals surface area contributed by atoms with Gasteiger partial charge in [0.1, 0.15) is 5.82 Å². The minimum atomic E-state index is -0.719. The summed E-state index contributed by atoms with van der Waals surface area (Å²) in [5.41, 5.74) is 3.65. The van der Waals surface area contributed by atoms with Crippen molar-refractivity contribution in [1.82, 2.24) is 29.6 Å². The van der Waals surface area contributed by atoms with Gasteiger partial charge in [0.05, 0.1) is 12.2 Å². The van der Waals surface area contributed by atoms with E-state index in [1.165, 1.54) is 11.3 Å². The smallest absolute Gasteiger partial charge is 0.250 e. The Morgan fingerprint density at radius 3 is 2.49 bits per heavy atom. The van der Waals surface area contributed by atoms with Crippen LogP contribution in [0.4, 0.5) is 0 Å². The van der Waals surface area contributed by atoms with Gasteiger partial charge >= 0.3 is 0 Å². The van der Waals surface area contributed by atoms with E-state index in [0.29, 0.717) is 12.5 Å². The number of benzene rings is 1. The van der Waals surface area contributed by atoms with Crippen molar-refractivity contribution >= 4 is 11.8 Å². The number of hydrogen-bond donors (Lipinski definition) is 1. The number of imidazole rings is 1. The normalized spacial score (nSPS) is 20.5. The zero-order valence-electron chi connectivity index (χ0n) is 25.6. The van der Waals surface area contributed by atoms with E-state index in [-0.39, 0.29) is 30.4 Å². The van der Waals surface area contributed by atoms with Gasteiger partial charge in [-0.2, -0.15) is 0 Å². The maximum atomic E-state index is 14.2. The molecule has 1 aromatic carbocycles. The number of hydrogen-bond acceptors (Lipinski definition) is 5. The number of nitrogens with zero attached hydrogens (tertiary/aromatic N) is 5. The van der Waals surface area contributed by atoms with E-state index in [9.17, 15) is 9.59 Å². The van der Waals surface area contributed by atoms with Crippen LogP contribution in [0.15, 0.2) is 30.3 Å². The zero-order valence-corrected chi connectivity index (χ0v) is 25.6. The molecule has 2 unspecified atom stereocenters. The van der Waals surface area contributed by atoms with Crippen LogP contribution in [-0.4, -0.2) is 81.4 Å². The highest BCUT2D eigenvalue weighted by Crippen LogP contribution is 2.31. The Bertz CT molecular complexity index is 1170. The summed E-state index contributed by atoms with van der Waals surface area (Å²) in [6, 6.07) is 10.3. The Labute approximate surface area is 246 Å². The Morgan fingerprint density at radius 2 is 1.80 bits per heavy atom. The molecule has 8 heteroatoms. The summed E-state index contributed by atoms with van der Waals surface area (Å²) in [4.78, 5) is 39.9. The summed E-state index contributed by atoms with van der Waals surface area (Å²) in [6.45, 7) is 7.96. The van der Waals surface area contributed by atoms with E-state index in [0.717, 1.165) is 88.9 Å². The molecule has 2 atom stereocenters. The lowest BCUT2D eigenvalue weighted by Gasteiger charge is -2.39. The summed E-state index contributed by atoms with van der Waals surface area (Å²) in [5, 5.41) is 3.30. The maximum Gasteiger partial charge on any atom is 0.250 e. The van der Waals surface area contributed by atoms with Gasteiger partial charge in [0, 0.05) is 44.5 Å². The fourth-order valence-electron chi connectivity index (χ4n) is 6.58. The standard InChI is InChI=1S/C33H50N6O2/c1-24(2)36(3)23-30(40)39(22-26-14-11-19-38(21-26)20-25-12-6-5-7-13-25)31(33(41)34-27-15-10-16-27)32-35-28-17-8-9-18-29(28)37(32)4/h5-7,12-13,24,26-27,31H,8-11,14-23H2,1-4H3,(H,34,41). The third kappa shape index (κ3) is 7.20. The zero-order chi connectivity index (χ0) is 28.9. The molecule has 5 rings (SSSR count). The number of carbonyl (C=O) groups excluding carboxylic acids is 2. The number of nitrogens with one attached hydrogen (secondary N) is 1. The molecule has 41 heavy (non-hydrogen) atoms. The van der Waals surface area contributed by atoms with Crippen molar-refractivity contribution in [1.29, 1.82) is 0 Å². The molecule has 224 valence electrons. The highest BCUT2D eigenvalue weighted by molar-refractivity contribution is 5.89. The molecule has 2 amide bonds. The van der Waals surface area contributed by atoms with E-state index in [4.69, 9.17) is 4.98 Å².